The summed E-state index contributed by atoms with van der Waals surface area (Å²) in [6, 6.07) is 16.0. The van der Waals surface area contributed by atoms with Gasteiger partial charge in [-0.3, -0.25) is 0 Å². The van der Waals surface area contributed by atoms with E-state index in [1.165, 1.54) is 11.8 Å². The van der Waals surface area contributed by atoms with Crippen LogP contribution in [0.4, 0.5) is 0 Å². The highest BCUT2D eigenvalue weighted by Gasteiger charge is 2.04. The highest BCUT2D eigenvalue weighted by atomic mass is 32.2. The molecule has 0 aliphatic carbocycles. The van der Waals surface area contributed by atoms with Crippen LogP contribution < -0.4 is 0 Å². The van der Waals surface area contributed by atoms with Crippen molar-refractivity contribution in [3.05, 3.63) is 59.7 Å². The summed E-state index contributed by atoms with van der Waals surface area (Å²) >= 11 is 1.47. The van der Waals surface area contributed by atoms with Crippen molar-refractivity contribution in [3.8, 4) is 6.07 Å². The van der Waals surface area contributed by atoms with Crippen molar-refractivity contribution >= 4 is 17.7 Å². The van der Waals surface area contributed by atoms with Gasteiger partial charge in [0, 0.05) is 9.79 Å². The zero-order valence-electron chi connectivity index (χ0n) is 9.33. The second kappa shape index (κ2) is 5.39. The van der Waals surface area contributed by atoms with E-state index >= 15 is 0 Å². The molecule has 0 amide bonds. The number of nitriles is 1. The lowest BCUT2D eigenvalue weighted by molar-refractivity contribution is 0.0696. The number of carboxylic acids is 1. The van der Waals surface area contributed by atoms with E-state index in [-0.39, 0.29) is 5.56 Å². The Morgan fingerprint density at radius 1 is 1.11 bits per heavy atom. The Hall–Kier alpha value is -2.25. The van der Waals surface area contributed by atoms with E-state index in [0.717, 1.165) is 9.79 Å². The topological polar surface area (TPSA) is 61.1 Å². The van der Waals surface area contributed by atoms with Gasteiger partial charge in [0.1, 0.15) is 0 Å². The maximum atomic E-state index is 10.8. The van der Waals surface area contributed by atoms with Gasteiger partial charge in [-0.2, -0.15) is 5.26 Å². The van der Waals surface area contributed by atoms with Gasteiger partial charge >= 0.3 is 5.97 Å². The number of nitrogens with zero attached hydrogens (tertiary/aromatic N) is 1. The molecule has 0 aliphatic rings. The van der Waals surface area contributed by atoms with E-state index in [4.69, 9.17) is 10.4 Å². The Labute approximate surface area is 109 Å². The van der Waals surface area contributed by atoms with Crippen LogP contribution in [-0.2, 0) is 0 Å². The Morgan fingerprint density at radius 2 is 1.83 bits per heavy atom. The van der Waals surface area contributed by atoms with Gasteiger partial charge in [-0.05, 0) is 42.5 Å². The first kappa shape index (κ1) is 12.2. The van der Waals surface area contributed by atoms with Crippen molar-refractivity contribution in [2.75, 3.05) is 0 Å². The fraction of sp³-hybridized carbons (Fsp3) is 0. The molecule has 0 bridgehead atoms. The van der Waals surface area contributed by atoms with Crippen LogP contribution in [0, 0.1) is 11.3 Å². The van der Waals surface area contributed by atoms with Gasteiger partial charge in [0.05, 0.1) is 17.2 Å². The van der Waals surface area contributed by atoms with Crippen molar-refractivity contribution in [1.29, 1.82) is 5.26 Å². The number of hydrogen-bond donors (Lipinski definition) is 1. The summed E-state index contributed by atoms with van der Waals surface area (Å²) in [6.07, 6.45) is 0. The second-order valence-corrected chi connectivity index (χ2v) is 4.72. The van der Waals surface area contributed by atoms with Crippen LogP contribution >= 0.6 is 11.8 Å². The average molecular weight is 255 g/mol. The predicted molar refractivity (Wildman–Crippen MR) is 68.7 cm³/mol. The van der Waals surface area contributed by atoms with Gasteiger partial charge in [0.15, 0.2) is 0 Å². The first-order chi connectivity index (χ1) is 8.69. The molecule has 4 heteroatoms. The molecule has 0 heterocycles. The molecule has 0 saturated carbocycles. The first-order valence-electron chi connectivity index (χ1n) is 5.20. The molecule has 1 N–H and O–H groups in total. The molecule has 2 rings (SSSR count). The Kier molecular flexibility index (Phi) is 3.66. The normalized spacial score (nSPS) is 9.72. The van der Waals surface area contributed by atoms with Crippen LogP contribution in [0.5, 0.6) is 0 Å². The third-order valence-corrected chi connectivity index (χ3v) is 3.30. The minimum absolute atomic E-state index is 0.272. The van der Waals surface area contributed by atoms with Gasteiger partial charge < -0.3 is 5.11 Å². The molecule has 0 aromatic heterocycles. The van der Waals surface area contributed by atoms with Gasteiger partial charge in [0.2, 0.25) is 0 Å². The summed E-state index contributed by atoms with van der Waals surface area (Å²) in [5, 5.41) is 17.6. The van der Waals surface area contributed by atoms with Crippen molar-refractivity contribution in [2.45, 2.75) is 9.79 Å². The van der Waals surface area contributed by atoms with Gasteiger partial charge in [0.25, 0.3) is 0 Å². The van der Waals surface area contributed by atoms with Crippen LogP contribution in [0.25, 0.3) is 0 Å². The lowest BCUT2D eigenvalue weighted by atomic mass is 10.2. The summed E-state index contributed by atoms with van der Waals surface area (Å²) in [5.74, 6) is -0.933. The lowest BCUT2D eigenvalue weighted by Crippen LogP contribution is -1.95. The SMILES string of the molecule is N#Cc1ccc(Sc2cccc(C(=O)O)c2)cc1. The van der Waals surface area contributed by atoms with E-state index in [1.54, 1.807) is 30.3 Å². The van der Waals surface area contributed by atoms with E-state index in [0.29, 0.717) is 5.56 Å². The number of carbonyl (C=O) groups is 1. The molecule has 0 fully saturated rings. The highest BCUT2D eigenvalue weighted by Crippen LogP contribution is 2.28. The molecule has 88 valence electrons. The number of hydrogen-bond acceptors (Lipinski definition) is 3. The Balaban J connectivity index is 2.20. The number of carboxylic acid groups (broad SMARTS) is 1. The molecule has 0 aliphatic heterocycles. The smallest absolute Gasteiger partial charge is 0.335 e. The number of benzene rings is 2. The molecule has 2 aromatic carbocycles. The van der Waals surface area contributed by atoms with Gasteiger partial charge in [-0.25, -0.2) is 4.79 Å². The highest BCUT2D eigenvalue weighted by molar-refractivity contribution is 7.99. The molecule has 0 spiro atoms. The molecule has 2 aromatic rings. The molecule has 0 atom stereocenters. The zero-order chi connectivity index (χ0) is 13.0. The zero-order valence-corrected chi connectivity index (χ0v) is 10.1. The lowest BCUT2D eigenvalue weighted by Gasteiger charge is -2.02. The van der Waals surface area contributed by atoms with Crippen LogP contribution in [-0.4, -0.2) is 11.1 Å². The minimum Gasteiger partial charge on any atom is -0.478 e. The summed E-state index contributed by atoms with van der Waals surface area (Å²) in [7, 11) is 0. The van der Waals surface area contributed by atoms with E-state index < -0.39 is 5.97 Å². The van der Waals surface area contributed by atoms with E-state index in [2.05, 4.69) is 6.07 Å². The molecule has 18 heavy (non-hydrogen) atoms. The third-order valence-electron chi connectivity index (χ3n) is 2.30. The Morgan fingerprint density at radius 3 is 2.44 bits per heavy atom. The molecular formula is C14H9NO2S. The van der Waals surface area contributed by atoms with Crippen LogP contribution in [0.15, 0.2) is 58.3 Å². The van der Waals surface area contributed by atoms with Gasteiger partial charge in [-0.15, -0.1) is 0 Å². The second-order valence-electron chi connectivity index (χ2n) is 3.57. The monoisotopic (exact) mass is 255 g/mol. The van der Waals surface area contributed by atoms with Crippen LogP contribution in [0.3, 0.4) is 0 Å². The molecule has 0 unspecified atom stereocenters. The largest absolute Gasteiger partial charge is 0.478 e. The third kappa shape index (κ3) is 2.90. The quantitative estimate of drug-likeness (QED) is 0.913. The summed E-state index contributed by atoms with van der Waals surface area (Å²) in [4.78, 5) is 12.7. The Bertz CT molecular complexity index is 614. The number of rotatable bonds is 3. The van der Waals surface area contributed by atoms with Crippen LogP contribution in [0.1, 0.15) is 15.9 Å². The van der Waals surface area contributed by atoms with Crippen molar-refractivity contribution < 1.29 is 9.90 Å². The maximum Gasteiger partial charge on any atom is 0.335 e. The standard InChI is InChI=1S/C14H9NO2S/c15-9-10-4-6-12(7-5-10)18-13-3-1-2-11(8-13)14(16)17/h1-8H,(H,16,17). The number of aromatic carboxylic acids is 1. The van der Waals surface area contributed by atoms with Crippen molar-refractivity contribution in [2.24, 2.45) is 0 Å². The fourth-order valence-corrected chi connectivity index (χ4v) is 2.30. The van der Waals surface area contributed by atoms with Crippen LogP contribution in [0.2, 0.25) is 0 Å². The van der Waals surface area contributed by atoms with Crippen molar-refractivity contribution in [3.63, 3.8) is 0 Å². The molecule has 0 saturated heterocycles. The molecule has 0 radical (unpaired) electrons. The minimum atomic E-state index is -0.933. The summed E-state index contributed by atoms with van der Waals surface area (Å²) in [5.41, 5.74) is 0.882. The fourth-order valence-electron chi connectivity index (χ4n) is 1.43. The van der Waals surface area contributed by atoms with Crippen molar-refractivity contribution in [1.82, 2.24) is 0 Å². The van der Waals surface area contributed by atoms with Gasteiger partial charge in [-0.1, -0.05) is 17.8 Å². The molecular weight excluding hydrogens is 246 g/mol. The summed E-state index contributed by atoms with van der Waals surface area (Å²) < 4.78 is 0. The van der Waals surface area contributed by atoms with E-state index in [1.807, 2.05) is 18.2 Å². The predicted octanol–water partition coefficient (Wildman–Crippen LogP) is 3.41. The average Bonchev–Trinajstić information content (AvgIpc) is 2.40. The maximum absolute atomic E-state index is 10.8. The van der Waals surface area contributed by atoms with E-state index in [9.17, 15) is 4.79 Å². The molecule has 3 nitrogen and oxygen atoms in total. The first-order valence-corrected chi connectivity index (χ1v) is 6.02. The summed E-state index contributed by atoms with van der Waals surface area (Å²) in [6.45, 7) is 0.